The summed E-state index contributed by atoms with van der Waals surface area (Å²) >= 11 is 0. The molecule has 0 atom stereocenters. The molecule has 0 aromatic rings. The lowest BCUT2D eigenvalue weighted by Gasteiger charge is -2.27. The molecule has 0 amide bonds. The van der Waals surface area contributed by atoms with Gasteiger partial charge in [-0.1, -0.05) is 0 Å². The molecular formula is C14H33N3O5. The first-order chi connectivity index (χ1) is 10.7. The van der Waals surface area contributed by atoms with Gasteiger partial charge >= 0.3 is 0 Å². The van der Waals surface area contributed by atoms with Gasteiger partial charge in [0.1, 0.15) is 0 Å². The van der Waals surface area contributed by atoms with E-state index in [4.69, 9.17) is 25.5 Å². The molecule has 0 aliphatic rings. The molecule has 22 heavy (non-hydrogen) atoms. The maximum atomic E-state index is 9.13. The standard InChI is InChI=1S/C14H33N3O5/c18-10-6-15(2-1-3-17(14-22)9-13-21)4-5-16(7-11-19)8-12-20/h18-22H,1-14H2. The molecule has 0 unspecified atom stereocenters. The van der Waals surface area contributed by atoms with E-state index < -0.39 is 0 Å². The molecule has 0 saturated heterocycles. The first kappa shape index (κ1) is 21.7. The van der Waals surface area contributed by atoms with Crippen molar-refractivity contribution in [1.29, 1.82) is 0 Å². The summed E-state index contributed by atoms with van der Waals surface area (Å²) in [4.78, 5) is 5.87. The molecular weight excluding hydrogens is 290 g/mol. The Bertz CT molecular complexity index is 231. The van der Waals surface area contributed by atoms with Crippen LogP contribution in [0, 0.1) is 0 Å². The van der Waals surface area contributed by atoms with Gasteiger partial charge in [0.2, 0.25) is 0 Å². The molecule has 134 valence electrons. The van der Waals surface area contributed by atoms with Gasteiger partial charge in [-0.25, -0.2) is 0 Å². The smallest absolute Gasteiger partial charge is 0.0957 e. The summed E-state index contributed by atoms with van der Waals surface area (Å²) < 4.78 is 0. The summed E-state index contributed by atoms with van der Waals surface area (Å²) in [5, 5.41) is 45.1. The third-order valence-electron chi connectivity index (χ3n) is 3.55. The zero-order valence-corrected chi connectivity index (χ0v) is 13.5. The summed E-state index contributed by atoms with van der Waals surface area (Å²) in [6, 6.07) is 0. The highest BCUT2D eigenvalue weighted by molar-refractivity contribution is 4.64. The summed E-state index contributed by atoms with van der Waals surface area (Å²) in [5.74, 6) is 0. The molecule has 0 aromatic heterocycles. The topological polar surface area (TPSA) is 111 Å². The van der Waals surface area contributed by atoms with E-state index in [0.29, 0.717) is 32.7 Å². The Morgan fingerprint density at radius 2 is 0.773 bits per heavy atom. The van der Waals surface area contributed by atoms with Crippen LogP contribution in [0.1, 0.15) is 6.42 Å². The first-order valence-electron chi connectivity index (χ1n) is 7.93. The van der Waals surface area contributed by atoms with Gasteiger partial charge in [-0.2, -0.15) is 0 Å². The van der Waals surface area contributed by atoms with E-state index in [1.807, 2.05) is 4.90 Å². The molecule has 0 rings (SSSR count). The Morgan fingerprint density at radius 3 is 1.18 bits per heavy atom. The quantitative estimate of drug-likeness (QED) is 0.194. The molecule has 0 radical (unpaired) electrons. The molecule has 0 bridgehead atoms. The Morgan fingerprint density at radius 1 is 0.409 bits per heavy atom. The highest BCUT2D eigenvalue weighted by Gasteiger charge is 2.09. The van der Waals surface area contributed by atoms with Crippen molar-refractivity contribution in [3.63, 3.8) is 0 Å². The van der Waals surface area contributed by atoms with Crippen LogP contribution in [-0.2, 0) is 0 Å². The van der Waals surface area contributed by atoms with Crippen molar-refractivity contribution < 1.29 is 25.5 Å². The van der Waals surface area contributed by atoms with Crippen LogP contribution in [0.25, 0.3) is 0 Å². The number of nitrogens with zero attached hydrogens (tertiary/aromatic N) is 3. The molecule has 8 heteroatoms. The van der Waals surface area contributed by atoms with Gasteiger partial charge in [-0.15, -0.1) is 0 Å². The van der Waals surface area contributed by atoms with Crippen LogP contribution in [0.15, 0.2) is 0 Å². The van der Waals surface area contributed by atoms with Gasteiger partial charge in [0.15, 0.2) is 0 Å². The second-order valence-corrected chi connectivity index (χ2v) is 5.19. The average molecular weight is 323 g/mol. The second-order valence-electron chi connectivity index (χ2n) is 5.19. The van der Waals surface area contributed by atoms with Crippen molar-refractivity contribution in [1.82, 2.24) is 14.7 Å². The maximum Gasteiger partial charge on any atom is 0.0957 e. The van der Waals surface area contributed by atoms with Crippen LogP contribution in [0.4, 0.5) is 0 Å². The zero-order chi connectivity index (χ0) is 16.6. The molecule has 0 saturated carbocycles. The molecule has 0 aromatic carbocycles. The number of aliphatic hydroxyl groups excluding tert-OH is 5. The van der Waals surface area contributed by atoms with E-state index in [-0.39, 0.29) is 33.2 Å². The van der Waals surface area contributed by atoms with Crippen molar-refractivity contribution in [2.24, 2.45) is 0 Å². The molecule has 5 N–H and O–H groups in total. The molecule has 0 aliphatic carbocycles. The zero-order valence-electron chi connectivity index (χ0n) is 13.5. The largest absolute Gasteiger partial charge is 0.395 e. The van der Waals surface area contributed by atoms with Crippen molar-refractivity contribution in [3.05, 3.63) is 0 Å². The van der Waals surface area contributed by atoms with Crippen LogP contribution >= 0.6 is 0 Å². The van der Waals surface area contributed by atoms with E-state index in [0.717, 1.165) is 26.1 Å². The number of hydrogen-bond donors (Lipinski definition) is 5. The summed E-state index contributed by atoms with van der Waals surface area (Å²) in [7, 11) is 0. The highest BCUT2D eigenvalue weighted by atomic mass is 16.3. The Kier molecular flexibility index (Phi) is 15.3. The van der Waals surface area contributed by atoms with Crippen molar-refractivity contribution in [2.75, 3.05) is 85.5 Å². The lowest BCUT2D eigenvalue weighted by molar-refractivity contribution is 0.0808. The third kappa shape index (κ3) is 11.3. The molecule has 8 nitrogen and oxygen atoms in total. The monoisotopic (exact) mass is 323 g/mol. The van der Waals surface area contributed by atoms with Crippen LogP contribution in [0.5, 0.6) is 0 Å². The van der Waals surface area contributed by atoms with E-state index in [9.17, 15) is 0 Å². The SMILES string of the molecule is OCCN(CO)CCCN(CCO)CCN(CCO)CCO. The van der Waals surface area contributed by atoms with Crippen LogP contribution in [0.3, 0.4) is 0 Å². The normalized spacial score (nSPS) is 12.0. The minimum atomic E-state index is -0.0681. The predicted octanol–water partition coefficient (Wildman–Crippen LogP) is -2.80. The minimum Gasteiger partial charge on any atom is -0.395 e. The molecule has 0 spiro atoms. The predicted molar refractivity (Wildman–Crippen MR) is 84.5 cm³/mol. The number of aliphatic hydroxyl groups is 5. The highest BCUT2D eigenvalue weighted by Crippen LogP contribution is 1.97. The maximum absolute atomic E-state index is 9.13. The Hall–Kier alpha value is -0.320. The lowest BCUT2D eigenvalue weighted by Crippen LogP contribution is -2.40. The fourth-order valence-corrected chi connectivity index (χ4v) is 2.29. The lowest BCUT2D eigenvalue weighted by atomic mass is 10.3. The molecule has 0 aliphatic heterocycles. The molecule has 0 fully saturated rings. The summed E-state index contributed by atoms with van der Waals surface area (Å²) in [6.07, 6.45) is 0.834. The van der Waals surface area contributed by atoms with Crippen LogP contribution < -0.4 is 0 Å². The van der Waals surface area contributed by atoms with Gasteiger partial charge in [0.25, 0.3) is 0 Å². The van der Waals surface area contributed by atoms with E-state index in [2.05, 4.69) is 4.90 Å². The minimum absolute atomic E-state index is 0.0260. The van der Waals surface area contributed by atoms with E-state index in [1.54, 1.807) is 4.90 Å². The average Bonchev–Trinajstić information content (AvgIpc) is 2.51. The van der Waals surface area contributed by atoms with Crippen molar-refractivity contribution >= 4 is 0 Å². The van der Waals surface area contributed by atoms with Gasteiger partial charge < -0.3 is 25.5 Å². The fraction of sp³-hybridized carbons (Fsp3) is 1.00. The van der Waals surface area contributed by atoms with Gasteiger partial charge in [-0.05, 0) is 13.0 Å². The fourth-order valence-electron chi connectivity index (χ4n) is 2.29. The van der Waals surface area contributed by atoms with Crippen molar-refractivity contribution in [3.8, 4) is 0 Å². The summed E-state index contributed by atoms with van der Waals surface area (Å²) in [6.45, 7) is 5.21. The number of rotatable bonds is 16. The van der Waals surface area contributed by atoms with Gasteiger partial charge in [0.05, 0.1) is 33.2 Å². The first-order valence-corrected chi connectivity index (χ1v) is 7.93. The van der Waals surface area contributed by atoms with Crippen LogP contribution in [-0.4, -0.2) is 126 Å². The number of hydrogen-bond acceptors (Lipinski definition) is 8. The van der Waals surface area contributed by atoms with E-state index in [1.165, 1.54) is 0 Å². The van der Waals surface area contributed by atoms with E-state index >= 15 is 0 Å². The summed E-state index contributed by atoms with van der Waals surface area (Å²) in [5.41, 5.74) is 0. The van der Waals surface area contributed by atoms with Crippen molar-refractivity contribution in [2.45, 2.75) is 6.42 Å². The third-order valence-corrected chi connectivity index (χ3v) is 3.55. The van der Waals surface area contributed by atoms with Gasteiger partial charge in [0, 0.05) is 45.8 Å². The Labute approximate surface area is 133 Å². The van der Waals surface area contributed by atoms with Crippen LogP contribution in [0.2, 0.25) is 0 Å². The second kappa shape index (κ2) is 15.6. The molecule has 0 heterocycles. The Balaban J connectivity index is 4.07. The van der Waals surface area contributed by atoms with Gasteiger partial charge in [-0.3, -0.25) is 14.7 Å².